The predicted octanol–water partition coefficient (Wildman–Crippen LogP) is 3.54. The smallest absolute Gasteiger partial charge is 0.193 e. The van der Waals surface area contributed by atoms with Crippen LogP contribution in [0.25, 0.3) is 0 Å². The lowest BCUT2D eigenvalue weighted by Crippen LogP contribution is -2.49. The molecule has 4 nitrogen and oxygen atoms in total. The molecule has 2 heterocycles. The number of aromatic nitrogens is 1. The van der Waals surface area contributed by atoms with Crippen LogP contribution in [-0.4, -0.2) is 53.5 Å². The summed E-state index contributed by atoms with van der Waals surface area (Å²) in [5, 5.41) is 4.70. The van der Waals surface area contributed by atoms with E-state index in [0.717, 1.165) is 32.0 Å². The van der Waals surface area contributed by atoms with Crippen LogP contribution in [-0.2, 0) is 6.42 Å². The quantitative estimate of drug-likeness (QED) is 0.318. The largest absolute Gasteiger partial charge is 0.356 e. The first-order valence-corrected chi connectivity index (χ1v) is 9.20. The van der Waals surface area contributed by atoms with E-state index in [1.165, 1.54) is 11.3 Å². The van der Waals surface area contributed by atoms with Gasteiger partial charge in [0.25, 0.3) is 0 Å². The van der Waals surface area contributed by atoms with Gasteiger partial charge in [0, 0.05) is 43.9 Å². The lowest BCUT2D eigenvalue weighted by atomic mass is 10.1. The molecule has 1 fully saturated rings. The van der Waals surface area contributed by atoms with Crippen molar-refractivity contribution >= 4 is 53.3 Å². The number of rotatable bonds is 4. The Hall–Kier alpha value is -0.210. The van der Waals surface area contributed by atoms with E-state index in [0.29, 0.717) is 16.3 Å². The Labute approximate surface area is 165 Å². The fraction of sp³-hybridized carbons (Fsp3) is 0.625. The van der Waals surface area contributed by atoms with E-state index < -0.39 is 0 Å². The van der Waals surface area contributed by atoms with Crippen LogP contribution in [0.15, 0.2) is 23.3 Å². The zero-order chi connectivity index (χ0) is 15.9. The van der Waals surface area contributed by atoms with Gasteiger partial charge < -0.3 is 10.2 Å². The summed E-state index contributed by atoms with van der Waals surface area (Å²) in [7, 11) is 1.86. The standard InChI is InChI=1S/C16H25ClN4S.HI/c1-12(2)14-11-21(8-9-22-14)16(18-3)19-7-6-13-4-5-15(17)20-10-13;/h4-5,10,12,14H,6-9,11H2,1-3H3,(H,18,19);1H. The first-order chi connectivity index (χ1) is 10.6. The third-order valence-corrected chi connectivity index (χ3v) is 5.60. The lowest BCUT2D eigenvalue weighted by molar-refractivity contribution is 0.381. The Kier molecular flexibility index (Phi) is 9.61. The summed E-state index contributed by atoms with van der Waals surface area (Å²) in [4.78, 5) is 10.9. The van der Waals surface area contributed by atoms with Crippen LogP contribution in [0.1, 0.15) is 19.4 Å². The van der Waals surface area contributed by atoms with Crippen LogP contribution in [0.4, 0.5) is 0 Å². The Bertz CT molecular complexity index is 495. The fourth-order valence-corrected chi connectivity index (χ4v) is 3.89. The molecule has 0 aliphatic carbocycles. The van der Waals surface area contributed by atoms with Crippen LogP contribution in [0.5, 0.6) is 0 Å². The second kappa shape index (κ2) is 10.6. The molecule has 7 heteroatoms. The molecular formula is C16H26ClIN4S. The van der Waals surface area contributed by atoms with E-state index in [4.69, 9.17) is 11.6 Å². The molecule has 1 saturated heterocycles. The van der Waals surface area contributed by atoms with Gasteiger partial charge in [-0.2, -0.15) is 11.8 Å². The number of thioether (sulfide) groups is 1. The van der Waals surface area contributed by atoms with Crippen molar-refractivity contribution in [1.82, 2.24) is 15.2 Å². The number of nitrogens with one attached hydrogen (secondary N) is 1. The lowest BCUT2D eigenvalue weighted by Gasteiger charge is -2.36. The van der Waals surface area contributed by atoms with Crippen LogP contribution in [0.2, 0.25) is 5.15 Å². The van der Waals surface area contributed by atoms with Gasteiger partial charge >= 0.3 is 0 Å². The van der Waals surface area contributed by atoms with Crippen molar-refractivity contribution in [2.24, 2.45) is 10.9 Å². The minimum absolute atomic E-state index is 0. The minimum Gasteiger partial charge on any atom is -0.356 e. The number of guanidine groups is 1. The first kappa shape index (κ1) is 20.8. The highest BCUT2D eigenvalue weighted by atomic mass is 127. The first-order valence-electron chi connectivity index (χ1n) is 7.77. The zero-order valence-corrected chi connectivity index (χ0v) is 17.9. The van der Waals surface area contributed by atoms with Crippen LogP contribution in [0, 0.1) is 5.92 Å². The highest BCUT2D eigenvalue weighted by Crippen LogP contribution is 2.24. The molecule has 1 atom stereocenters. The number of halogens is 2. The summed E-state index contributed by atoms with van der Waals surface area (Å²) in [6.45, 7) is 7.59. The Morgan fingerprint density at radius 2 is 2.30 bits per heavy atom. The third kappa shape index (κ3) is 6.66. The average molecular weight is 469 g/mol. The molecule has 1 aliphatic heterocycles. The van der Waals surface area contributed by atoms with Gasteiger partial charge in [-0.1, -0.05) is 31.5 Å². The maximum atomic E-state index is 5.80. The second-order valence-electron chi connectivity index (χ2n) is 5.81. The number of hydrogen-bond donors (Lipinski definition) is 1. The van der Waals surface area contributed by atoms with E-state index in [1.807, 2.05) is 25.4 Å². The van der Waals surface area contributed by atoms with E-state index in [2.05, 4.69) is 45.8 Å². The van der Waals surface area contributed by atoms with E-state index in [9.17, 15) is 0 Å². The molecular weight excluding hydrogens is 443 g/mol. The average Bonchev–Trinajstić information content (AvgIpc) is 2.53. The molecule has 1 aromatic heterocycles. The van der Waals surface area contributed by atoms with Gasteiger partial charge in [0.1, 0.15) is 5.15 Å². The van der Waals surface area contributed by atoms with Crippen molar-refractivity contribution in [1.29, 1.82) is 0 Å². The van der Waals surface area contributed by atoms with Crippen molar-refractivity contribution in [3.05, 3.63) is 29.0 Å². The van der Waals surface area contributed by atoms with Gasteiger partial charge in [-0.15, -0.1) is 24.0 Å². The summed E-state index contributed by atoms with van der Waals surface area (Å²) < 4.78 is 0. The fourth-order valence-electron chi connectivity index (χ4n) is 2.48. The topological polar surface area (TPSA) is 40.5 Å². The van der Waals surface area contributed by atoms with Crippen LogP contribution < -0.4 is 5.32 Å². The van der Waals surface area contributed by atoms with Gasteiger partial charge in [0.05, 0.1) is 0 Å². The molecule has 0 bridgehead atoms. The maximum absolute atomic E-state index is 5.80. The van der Waals surface area contributed by atoms with Crippen molar-refractivity contribution < 1.29 is 0 Å². The summed E-state index contributed by atoms with van der Waals surface area (Å²) in [5.74, 6) is 2.88. The van der Waals surface area contributed by atoms with Gasteiger partial charge in [-0.05, 0) is 24.0 Å². The van der Waals surface area contributed by atoms with Crippen molar-refractivity contribution in [2.75, 3.05) is 32.4 Å². The second-order valence-corrected chi connectivity index (χ2v) is 7.55. The molecule has 0 spiro atoms. The van der Waals surface area contributed by atoms with Crippen LogP contribution >= 0.6 is 47.3 Å². The zero-order valence-electron chi connectivity index (χ0n) is 14.0. The number of nitrogens with zero attached hydrogens (tertiary/aromatic N) is 3. The molecule has 0 aromatic carbocycles. The Balaban J connectivity index is 0.00000264. The number of hydrogen-bond acceptors (Lipinski definition) is 3. The van der Waals surface area contributed by atoms with E-state index in [-0.39, 0.29) is 24.0 Å². The normalized spacial score (nSPS) is 18.7. The monoisotopic (exact) mass is 468 g/mol. The number of pyridine rings is 1. The van der Waals surface area contributed by atoms with Gasteiger partial charge in [-0.25, -0.2) is 4.98 Å². The highest BCUT2D eigenvalue weighted by molar-refractivity contribution is 14.0. The maximum Gasteiger partial charge on any atom is 0.193 e. The van der Waals surface area contributed by atoms with Gasteiger partial charge in [0.2, 0.25) is 0 Å². The molecule has 1 aromatic rings. The van der Waals surface area contributed by atoms with Crippen molar-refractivity contribution in [3.8, 4) is 0 Å². The molecule has 2 rings (SSSR count). The molecule has 0 saturated carbocycles. The molecule has 1 aliphatic rings. The molecule has 1 N–H and O–H groups in total. The summed E-state index contributed by atoms with van der Waals surface area (Å²) in [5.41, 5.74) is 1.18. The molecule has 1 unspecified atom stereocenters. The third-order valence-electron chi connectivity index (χ3n) is 3.83. The van der Waals surface area contributed by atoms with E-state index >= 15 is 0 Å². The Morgan fingerprint density at radius 1 is 1.52 bits per heavy atom. The Morgan fingerprint density at radius 3 is 2.91 bits per heavy atom. The number of aliphatic imine (C=N–C) groups is 1. The summed E-state index contributed by atoms with van der Waals surface area (Å²) in [6.07, 6.45) is 2.75. The van der Waals surface area contributed by atoms with E-state index in [1.54, 1.807) is 0 Å². The van der Waals surface area contributed by atoms with Gasteiger partial charge in [0.15, 0.2) is 5.96 Å². The van der Waals surface area contributed by atoms with Crippen LogP contribution in [0.3, 0.4) is 0 Å². The van der Waals surface area contributed by atoms with Crippen molar-refractivity contribution in [3.63, 3.8) is 0 Å². The molecule has 23 heavy (non-hydrogen) atoms. The van der Waals surface area contributed by atoms with Gasteiger partial charge in [-0.3, -0.25) is 4.99 Å². The SMILES string of the molecule is CN=C(NCCc1ccc(Cl)nc1)N1CCSC(C(C)C)C1.I. The summed E-state index contributed by atoms with van der Waals surface area (Å²) in [6, 6.07) is 3.85. The summed E-state index contributed by atoms with van der Waals surface area (Å²) >= 11 is 7.88. The van der Waals surface area contributed by atoms with Crippen molar-refractivity contribution in [2.45, 2.75) is 25.5 Å². The molecule has 130 valence electrons. The highest BCUT2D eigenvalue weighted by Gasteiger charge is 2.24. The predicted molar refractivity (Wildman–Crippen MR) is 112 cm³/mol. The minimum atomic E-state index is 0. The molecule has 0 radical (unpaired) electrons. The molecule has 0 amide bonds.